The predicted octanol–water partition coefficient (Wildman–Crippen LogP) is 0.0743. The van der Waals surface area contributed by atoms with Crippen LogP contribution in [0.3, 0.4) is 0 Å². The molecule has 0 bridgehead atoms. The minimum Gasteiger partial charge on any atom is -0.409 e. The maximum Gasteiger partial charge on any atom is 0.213 e. The molecule has 7 nitrogen and oxygen atoms in total. The van der Waals surface area contributed by atoms with Gasteiger partial charge in [-0.2, -0.15) is 4.98 Å². The summed E-state index contributed by atoms with van der Waals surface area (Å²) >= 11 is 0. The van der Waals surface area contributed by atoms with Crippen LogP contribution in [0, 0.1) is 0 Å². The SMILES string of the molecule is CCC(CC(N)=NO)NCc1ncon1. The summed E-state index contributed by atoms with van der Waals surface area (Å²) in [4.78, 5) is 3.87. The highest BCUT2D eigenvalue weighted by molar-refractivity contribution is 5.80. The van der Waals surface area contributed by atoms with Gasteiger partial charge in [0.05, 0.1) is 6.54 Å². The third-order valence-electron chi connectivity index (χ3n) is 2.03. The first-order valence-corrected chi connectivity index (χ1v) is 4.71. The summed E-state index contributed by atoms with van der Waals surface area (Å²) in [6, 6.07) is 0.138. The van der Waals surface area contributed by atoms with Crippen molar-refractivity contribution >= 4 is 5.84 Å². The Hall–Kier alpha value is -1.63. The van der Waals surface area contributed by atoms with Crippen LogP contribution in [0.2, 0.25) is 0 Å². The number of hydrogen-bond acceptors (Lipinski definition) is 6. The van der Waals surface area contributed by atoms with Crippen molar-refractivity contribution in [3.8, 4) is 0 Å². The Kier molecular flexibility index (Phi) is 4.55. The zero-order chi connectivity index (χ0) is 11.1. The van der Waals surface area contributed by atoms with Crippen molar-refractivity contribution in [1.82, 2.24) is 15.5 Å². The van der Waals surface area contributed by atoms with Gasteiger partial charge in [-0.15, -0.1) is 0 Å². The molecule has 1 aromatic heterocycles. The van der Waals surface area contributed by atoms with Crippen LogP contribution in [0.25, 0.3) is 0 Å². The lowest BCUT2D eigenvalue weighted by molar-refractivity contribution is 0.315. The van der Waals surface area contributed by atoms with Crippen LogP contribution in [-0.4, -0.2) is 27.2 Å². The highest BCUT2D eigenvalue weighted by Gasteiger charge is 2.09. The summed E-state index contributed by atoms with van der Waals surface area (Å²) in [7, 11) is 0. The van der Waals surface area contributed by atoms with Crippen LogP contribution in [0.4, 0.5) is 0 Å². The van der Waals surface area contributed by atoms with E-state index in [4.69, 9.17) is 10.9 Å². The summed E-state index contributed by atoms with van der Waals surface area (Å²) in [6.45, 7) is 2.52. The summed E-state index contributed by atoms with van der Waals surface area (Å²) < 4.78 is 4.59. The Labute approximate surface area is 87.3 Å². The molecular weight excluding hydrogens is 198 g/mol. The molecule has 0 spiro atoms. The highest BCUT2D eigenvalue weighted by Crippen LogP contribution is 1.99. The van der Waals surface area contributed by atoms with E-state index in [-0.39, 0.29) is 11.9 Å². The zero-order valence-electron chi connectivity index (χ0n) is 8.55. The molecule has 15 heavy (non-hydrogen) atoms. The van der Waals surface area contributed by atoms with Crippen LogP contribution >= 0.6 is 0 Å². The molecule has 0 saturated heterocycles. The van der Waals surface area contributed by atoms with Crippen molar-refractivity contribution in [3.63, 3.8) is 0 Å². The first-order chi connectivity index (χ1) is 7.26. The summed E-state index contributed by atoms with van der Waals surface area (Å²) in [5, 5.41) is 18.2. The largest absolute Gasteiger partial charge is 0.409 e. The van der Waals surface area contributed by atoms with E-state index in [0.29, 0.717) is 18.8 Å². The molecule has 1 rings (SSSR count). The second-order valence-electron chi connectivity index (χ2n) is 3.13. The molecule has 0 aliphatic heterocycles. The smallest absolute Gasteiger partial charge is 0.213 e. The van der Waals surface area contributed by atoms with Gasteiger partial charge in [0.15, 0.2) is 5.82 Å². The van der Waals surface area contributed by atoms with Crippen LogP contribution < -0.4 is 11.1 Å². The lowest BCUT2D eigenvalue weighted by Crippen LogP contribution is -2.33. The summed E-state index contributed by atoms with van der Waals surface area (Å²) in [5.74, 6) is 0.801. The molecule has 0 saturated carbocycles. The molecule has 0 amide bonds. The van der Waals surface area contributed by atoms with Gasteiger partial charge in [-0.05, 0) is 6.42 Å². The van der Waals surface area contributed by atoms with Crippen molar-refractivity contribution in [2.75, 3.05) is 0 Å². The van der Waals surface area contributed by atoms with Crippen LogP contribution in [-0.2, 0) is 6.54 Å². The van der Waals surface area contributed by atoms with Crippen molar-refractivity contribution in [1.29, 1.82) is 0 Å². The van der Waals surface area contributed by atoms with Gasteiger partial charge in [-0.25, -0.2) is 0 Å². The van der Waals surface area contributed by atoms with E-state index in [0.717, 1.165) is 6.42 Å². The minimum atomic E-state index is 0.138. The lowest BCUT2D eigenvalue weighted by atomic mass is 10.1. The fourth-order valence-corrected chi connectivity index (χ4v) is 1.16. The van der Waals surface area contributed by atoms with Gasteiger partial charge < -0.3 is 20.8 Å². The van der Waals surface area contributed by atoms with Crippen LogP contribution in [0.15, 0.2) is 16.1 Å². The Morgan fingerprint density at radius 2 is 2.60 bits per heavy atom. The van der Waals surface area contributed by atoms with Gasteiger partial charge in [0.25, 0.3) is 0 Å². The Morgan fingerprint density at radius 3 is 3.13 bits per heavy atom. The van der Waals surface area contributed by atoms with Crippen molar-refractivity contribution < 1.29 is 9.73 Å². The average molecular weight is 213 g/mol. The van der Waals surface area contributed by atoms with E-state index < -0.39 is 0 Å². The normalized spacial score (nSPS) is 14.1. The number of aromatic nitrogens is 2. The van der Waals surface area contributed by atoms with Crippen molar-refractivity contribution in [2.45, 2.75) is 32.4 Å². The molecule has 4 N–H and O–H groups in total. The van der Waals surface area contributed by atoms with Crippen LogP contribution in [0.5, 0.6) is 0 Å². The fourth-order valence-electron chi connectivity index (χ4n) is 1.16. The molecule has 0 aliphatic carbocycles. The standard InChI is InChI=1S/C8H15N5O2/c1-2-6(3-7(9)12-14)10-4-8-11-5-15-13-8/h5-6,10,14H,2-4H2,1H3,(H2,9,12). The van der Waals surface area contributed by atoms with Gasteiger partial charge >= 0.3 is 0 Å². The first-order valence-electron chi connectivity index (χ1n) is 4.71. The number of nitrogens with zero attached hydrogens (tertiary/aromatic N) is 3. The molecule has 1 atom stereocenters. The van der Waals surface area contributed by atoms with Crippen molar-refractivity contribution in [2.24, 2.45) is 10.9 Å². The molecule has 7 heteroatoms. The predicted molar refractivity (Wildman–Crippen MR) is 53.2 cm³/mol. The lowest BCUT2D eigenvalue weighted by Gasteiger charge is -2.14. The third-order valence-corrected chi connectivity index (χ3v) is 2.03. The number of nitrogens with two attached hydrogens (primary N) is 1. The molecule has 1 aromatic rings. The highest BCUT2D eigenvalue weighted by atomic mass is 16.5. The number of oxime groups is 1. The van der Waals surface area contributed by atoms with E-state index in [1.165, 1.54) is 6.39 Å². The molecular formula is C8H15N5O2. The van der Waals surface area contributed by atoms with Crippen molar-refractivity contribution in [3.05, 3.63) is 12.2 Å². The van der Waals surface area contributed by atoms with Gasteiger partial charge in [-0.1, -0.05) is 17.2 Å². The van der Waals surface area contributed by atoms with E-state index in [2.05, 4.69) is 25.1 Å². The number of hydrogen-bond donors (Lipinski definition) is 3. The number of amidine groups is 1. The Bertz CT molecular complexity index is 298. The second kappa shape index (κ2) is 5.97. The fraction of sp³-hybridized carbons (Fsp3) is 0.625. The molecule has 1 unspecified atom stereocenters. The van der Waals surface area contributed by atoms with E-state index in [9.17, 15) is 0 Å². The summed E-state index contributed by atoms with van der Waals surface area (Å²) in [6.07, 6.45) is 2.64. The number of rotatable bonds is 6. The van der Waals surface area contributed by atoms with Gasteiger partial charge in [0.2, 0.25) is 6.39 Å². The zero-order valence-corrected chi connectivity index (χ0v) is 8.55. The Morgan fingerprint density at radius 1 is 1.80 bits per heavy atom. The topological polar surface area (TPSA) is 110 Å². The maximum absolute atomic E-state index is 8.43. The maximum atomic E-state index is 8.43. The van der Waals surface area contributed by atoms with Gasteiger partial charge in [0, 0.05) is 12.5 Å². The molecule has 1 heterocycles. The van der Waals surface area contributed by atoms with Crippen LogP contribution in [0.1, 0.15) is 25.6 Å². The monoisotopic (exact) mass is 213 g/mol. The number of nitrogens with one attached hydrogen (secondary N) is 1. The molecule has 0 radical (unpaired) electrons. The molecule has 84 valence electrons. The van der Waals surface area contributed by atoms with E-state index in [1.54, 1.807) is 0 Å². The van der Waals surface area contributed by atoms with Gasteiger partial charge in [-0.3, -0.25) is 0 Å². The molecule has 0 aromatic carbocycles. The average Bonchev–Trinajstić information content (AvgIpc) is 2.76. The quantitative estimate of drug-likeness (QED) is 0.267. The minimum absolute atomic E-state index is 0.138. The Balaban J connectivity index is 2.34. The third kappa shape index (κ3) is 3.94. The van der Waals surface area contributed by atoms with E-state index >= 15 is 0 Å². The second-order valence-corrected chi connectivity index (χ2v) is 3.13. The molecule has 0 aliphatic rings. The first kappa shape index (κ1) is 11.4. The van der Waals surface area contributed by atoms with E-state index in [1.807, 2.05) is 6.92 Å². The van der Waals surface area contributed by atoms with Gasteiger partial charge in [0.1, 0.15) is 5.84 Å². The molecule has 0 fully saturated rings. The summed E-state index contributed by atoms with van der Waals surface area (Å²) in [5.41, 5.74) is 5.41.